The maximum atomic E-state index is 12.3. The lowest BCUT2D eigenvalue weighted by Crippen LogP contribution is -2.26. The Morgan fingerprint density at radius 1 is 1.50 bits per heavy atom. The van der Waals surface area contributed by atoms with Crippen LogP contribution in [0.4, 0.5) is 0 Å². The predicted molar refractivity (Wildman–Crippen MR) is 82.3 cm³/mol. The monoisotopic (exact) mass is 309 g/mol. The summed E-state index contributed by atoms with van der Waals surface area (Å²) < 4.78 is 1.71. The van der Waals surface area contributed by atoms with E-state index < -0.39 is 0 Å². The SMILES string of the molecule is CSc1ccc(Cl)c(C(=O)NC(C)c2cnn(C)c2)c1. The zero-order valence-corrected chi connectivity index (χ0v) is 13.1. The fraction of sp³-hybridized carbons (Fsp3) is 0.286. The number of carbonyl (C=O) groups excluding carboxylic acids is 1. The van der Waals surface area contributed by atoms with Crippen LogP contribution in [0.1, 0.15) is 28.9 Å². The summed E-state index contributed by atoms with van der Waals surface area (Å²) in [6.45, 7) is 1.92. The van der Waals surface area contributed by atoms with Gasteiger partial charge in [0.1, 0.15) is 0 Å². The molecule has 0 aliphatic carbocycles. The Morgan fingerprint density at radius 3 is 2.85 bits per heavy atom. The van der Waals surface area contributed by atoms with E-state index in [4.69, 9.17) is 11.6 Å². The minimum Gasteiger partial charge on any atom is -0.345 e. The molecule has 2 aromatic rings. The molecule has 106 valence electrons. The molecule has 1 amide bonds. The molecular weight excluding hydrogens is 294 g/mol. The Labute approximate surface area is 127 Å². The molecule has 0 saturated carbocycles. The summed E-state index contributed by atoms with van der Waals surface area (Å²) in [4.78, 5) is 13.3. The number of benzene rings is 1. The van der Waals surface area contributed by atoms with E-state index in [2.05, 4.69) is 10.4 Å². The van der Waals surface area contributed by atoms with Crippen molar-refractivity contribution < 1.29 is 4.79 Å². The van der Waals surface area contributed by atoms with Crippen molar-refractivity contribution in [3.05, 3.63) is 46.7 Å². The van der Waals surface area contributed by atoms with E-state index in [0.717, 1.165) is 10.5 Å². The first-order chi connectivity index (χ1) is 9.51. The summed E-state index contributed by atoms with van der Waals surface area (Å²) in [5.41, 5.74) is 1.45. The van der Waals surface area contributed by atoms with Crippen LogP contribution in [-0.4, -0.2) is 21.9 Å². The summed E-state index contributed by atoms with van der Waals surface area (Å²) in [5.74, 6) is -0.178. The zero-order valence-electron chi connectivity index (χ0n) is 11.6. The number of hydrogen-bond donors (Lipinski definition) is 1. The lowest BCUT2D eigenvalue weighted by Gasteiger charge is -2.13. The summed E-state index contributed by atoms with van der Waals surface area (Å²) in [7, 11) is 1.84. The van der Waals surface area contributed by atoms with Gasteiger partial charge in [0.15, 0.2) is 0 Å². The highest BCUT2D eigenvalue weighted by molar-refractivity contribution is 7.98. The van der Waals surface area contributed by atoms with E-state index in [-0.39, 0.29) is 11.9 Å². The van der Waals surface area contributed by atoms with Crippen molar-refractivity contribution in [2.24, 2.45) is 7.05 Å². The number of aryl methyl sites for hydroxylation is 1. The van der Waals surface area contributed by atoms with E-state index in [9.17, 15) is 4.79 Å². The number of carbonyl (C=O) groups is 1. The summed E-state index contributed by atoms with van der Waals surface area (Å²) in [6, 6.07) is 5.33. The standard InChI is InChI=1S/C14H16ClN3OS/c1-9(10-7-16-18(2)8-10)17-14(19)12-6-11(20-3)4-5-13(12)15/h4-9H,1-3H3,(H,17,19). The van der Waals surface area contributed by atoms with Gasteiger partial charge in [-0.05, 0) is 31.4 Å². The van der Waals surface area contributed by atoms with Crippen LogP contribution in [0.15, 0.2) is 35.5 Å². The van der Waals surface area contributed by atoms with Crippen molar-refractivity contribution >= 4 is 29.3 Å². The highest BCUT2D eigenvalue weighted by Gasteiger charge is 2.15. The van der Waals surface area contributed by atoms with Crippen molar-refractivity contribution in [2.45, 2.75) is 17.9 Å². The molecule has 6 heteroatoms. The first-order valence-electron chi connectivity index (χ1n) is 6.14. The molecule has 1 aromatic heterocycles. The third-order valence-electron chi connectivity index (χ3n) is 2.99. The van der Waals surface area contributed by atoms with Crippen LogP contribution in [0.25, 0.3) is 0 Å². The second kappa shape index (κ2) is 6.33. The van der Waals surface area contributed by atoms with Crippen molar-refractivity contribution in [2.75, 3.05) is 6.26 Å². The van der Waals surface area contributed by atoms with Gasteiger partial charge < -0.3 is 5.32 Å². The normalized spacial score (nSPS) is 12.2. The van der Waals surface area contributed by atoms with Crippen LogP contribution < -0.4 is 5.32 Å². The number of halogens is 1. The maximum absolute atomic E-state index is 12.3. The average molecular weight is 310 g/mol. The molecule has 0 saturated heterocycles. The number of amides is 1. The molecule has 1 aromatic carbocycles. The molecule has 0 bridgehead atoms. The topological polar surface area (TPSA) is 46.9 Å². The van der Waals surface area contributed by atoms with Gasteiger partial charge in [0.25, 0.3) is 5.91 Å². The van der Waals surface area contributed by atoms with Gasteiger partial charge in [-0.15, -0.1) is 11.8 Å². The summed E-state index contributed by atoms with van der Waals surface area (Å²) >= 11 is 7.67. The molecule has 20 heavy (non-hydrogen) atoms. The largest absolute Gasteiger partial charge is 0.345 e. The Morgan fingerprint density at radius 2 is 2.25 bits per heavy atom. The first-order valence-corrected chi connectivity index (χ1v) is 7.74. The van der Waals surface area contributed by atoms with Gasteiger partial charge in [0, 0.05) is 23.7 Å². The Hall–Kier alpha value is -1.46. The minimum absolute atomic E-state index is 0.120. The Bertz CT molecular complexity index is 627. The van der Waals surface area contributed by atoms with Crippen LogP contribution in [0.3, 0.4) is 0 Å². The minimum atomic E-state index is -0.178. The lowest BCUT2D eigenvalue weighted by atomic mass is 10.1. The van der Waals surface area contributed by atoms with E-state index in [1.807, 2.05) is 32.5 Å². The number of aromatic nitrogens is 2. The van der Waals surface area contributed by atoms with Crippen LogP contribution in [0.2, 0.25) is 5.02 Å². The molecule has 0 spiro atoms. The van der Waals surface area contributed by atoms with Gasteiger partial charge in [-0.3, -0.25) is 9.48 Å². The third kappa shape index (κ3) is 3.35. The van der Waals surface area contributed by atoms with Gasteiger partial charge >= 0.3 is 0 Å². The van der Waals surface area contributed by atoms with Crippen molar-refractivity contribution in [1.29, 1.82) is 0 Å². The summed E-state index contributed by atoms with van der Waals surface area (Å²) in [6.07, 6.45) is 5.58. The van der Waals surface area contributed by atoms with Crippen molar-refractivity contribution in [3.8, 4) is 0 Å². The number of nitrogens with one attached hydrogen (secondary N) is 1. The van der Waals surface area contributed by atoms with Gasteiger partial charge in [0.05, 0.1) is 22.8 Å². The Kier molecular flexibility index (Phi) is 4.73. The van der Waals surface area contributed by atoms with Crippen LogP contribution in [-0.2, 0) is 7.05 Å². The second-order valence-electron chi connectivity index (χ2n) is 4.49. The highest BCUT2D eigenvalue weighted by atomic mass is 35.5. The van der Waals surface area contributed by atoms with E-state index >= 15 is 0 Å². The molecule has 1 heterocycles. The molecule has 1 N–H and O–H groups in total. The lowest BCUT2D eigenvalue weighted by molar-refractivity contribution is 0.0940. The molecular formula is C14H16ClN3OS. The van der Waals surface area contributed by atoms with Gasteiger partial charge in [-0.25, -0.2) is 0 Å². The molecule has 1 atom stereocenters. The highest BCUT2D eigenvalue weighted by Crippen LogP contribution is 2.23. The summed E-state index contributed by atoms with van der Waals surface area (Å²) in [5, 5.41) is 7.49. The van der Waals surface area contributed by atoms with E-state index in [1.165, 1.54) is 0 Å². The molecule has 2 rings (SSSR count). The third-order valence-corrected chi connectivity index (χ3v) is 4.05. The number of rotatable bonds is 4. The molecule has 4 nitrogen and oxygen atoms in total. The number of thioether (sulfide) groups is 1. The smallest absolute Gasteiger partial charge is 0.253 e. The van der Waals surface area contributed by atoms with Crippen molar-refractivity contribution in [1.82, 2.24) is 15.1 Å². The first kappa shape index (κ1) is 14.9. The molecule has 0 radical (unpaired) electrons. The van der Waals surface area contributed by atoms with Gasteiger partial charge in [0.2, 0.25) is 0 Å². The molecule has 0 aliphatic rings. The number of nitrogens with zero attached hydrogens (tertiary/aromatic N) is 2. The zero-order chi connectivity index (χ0) is 14.7. The van der Waals surface area contributed by atoms with E-state index in [1.54, 1.807) is 34.8 Å². The number of hydrogen-bond acceptors (Lipinski definition) is 3. The van der Waals surface area contributed by atoms with Crippen molar-refractivity contribution in [3.63, 3.8) is 0 Å². The maximum Gasteiger partial charge on any atom is 0.253 e. The fourth-order valence-corrected chi connectivity index (χ4v) is 2.47. The van der Waals surface area contributed by atoms with Crippen LogP contribution >= 0.6 is 23.4 Å². The molecule has 1 unspecified atom stereocenters. The Balaban J connectivity index is 2.15. The molecule has 0 aliphatic heterocycles. The van der Waals surface area contributed by atoms with Crippen LogP contribution in [0.5, 0.6) is 0 Å². The predicted octanol–water partition coefficient (Wildman–Crippen LogP) is 3.29. The molecule has 0 fully saturated rings. The van der Waals surface area contributed by atoms with Gasteiger partial charge in [-0.1, -0.05) is 11.6 Å². The fourth-order valence-electron chi connectivity index (χ4n) is 1.83. The van der Waals surface area contributed by atoms with E-state index in [0.29, 0.717) is 10.6 Å². The van der Waals surface area contributed by atoms with Gasteiger partial charge in [-0.2, -0.15) is 5.10 Å². The van der Waals surface area contributed by atoms with Crippen LogP contribution in [0, 0.1) is 0 Å². The average Bonchev–Trinajstić information content (AvgIpc) is 2.86. The second-order valence-corrected chi connectivity index (χ2v) is 5.78. The quantitative estimate of drug-likeness (QED) is 0.882.